The maximum Gasteiger partial charge on any atom is 0.322 e. The molecule has 1 heterocycles. The van der Waals surface area contributed by atoms with Gasteiger partial charge in [-0.25, -0.2) is 4.79 Å². The molecule has 0 atom stereocenters. The van der Waals surface area contributed by atoms with Crippen LogP contribution in [0.2, 0.25) is 5.02 Å². The van der Waals surface area contributed by atoms with Crippen molar-refractivity contribution < 1.29 is 14.6 Å². The first-order valence-corrected chi connectivity index (χ1v) is 7.11. The van der Waals surface area contributed by atoms with E-state index in [0.717, 1.165) is 0 Å². The zero-order valence-corrected chi connectivity index (χ0v) is 12.3. The fourth-order valence-electron chi connectivity index (χ4n) is 1.90. The van der Waals surface area contributed by atoms with E-state index in [-0.39, 0.29) is 12.6 Å². The van der Waals surface area contributed by atoms with E-state index in [2.05, 4.69) is 17.2 Å². The van der Waals surface area contributed by atoms with Crippen LogP contribution in [0.1, 0.15) is 12.0 Å². The van der Waals surface area contributed by atoms with E-state index in [1.807, 2.05) is 0 Å². The van der Waals surface area contributed by atoms with Crippen LogP contribution in [0.25, 0.3) is 0 Å². The Bertz CT molecular complexity index is 560. The number of halogens is 1. The largest absolute Gasteiger partial charge is 0.395 e. The lowest BCUT2D eigenvalue weighted by atomic mass is 10.1. The number of rotatable bonds is 2. The van der Waals surface area contributed by atoms with Gasteiger partial charge in [-0.2, -0.15) is 0 Å². The van der Waals surface area contributed by atoms with Crippen molar-refractivity contribution in [2.75, 3.05) is 38.2 Å². The summed E-state index contributed by atoms with van der Waals surface area (Å²) in [5.74, 6) is 5.74. The van der Waals surface area contributed by atoms with Crippen molar-refractivity contribution >= 4 is 23.3 Å². The minimum Gasteiger partial charge on any atom is -0.395 e. The van der Waals surface area contributed by atoms with Crippen LogP contribution in [-0.2, 0) is 4.74 Å². The third kappa shape index (κ3) is 4.64. The van der Waals surface area contributed by atoms with E-state index in [0.29, 0.717) is 49.0 Å². The molecule has 1 fully saturated rings. The second kappa shape index (κ2) is 7.89. The van der Waals surface area contributed by atoms with Gasteiger partial charge in [0.2, 0.25) is 0 Å². The number of nitrogens with one attached hydrogen (secondary N) is 1. The van der Waals surface area contributed by atoms with Crippen LogP contribution in [-0.4, -0.2) is 48.9 Å². The van der Waals surface area contributed by atoms with Crippen LogP contribution in [0.3, 0.4) is 0 Å². The van der Waals surface area contributed by atoms with Gasteiger partial charge in [-0.3, -0.25) is 0 Å². The number of aliphatic hydroxyl groups is 1. The first-order chi connectivity index (χ1) is 10.2. The minimum absolute atomic E-state index is 0.00301. The predicted octanol–water partition coefficient (Wildman–Crippen LogP) is 1.94. The summed E-state index contributed by atoms with van der Waals surface area (Å²) >= 11 is 5.96. The zero-order valence-electron chi connectivity index (χ0n) is 11.6. The summed E-state index contributed by atoms with van der Waals surface area (Å²) in [5.41, 5.74) is 1.25. The third-order valence-electron chi connectivity index (χ3n) is 2.98. The lowest BCUT2D eigenvalue weighted by Crippen LogP contribution is -2.43. The van der Waals surface area contributed by atoms with Crippen molar-refractivity contribution in [1.29, 1.82) is 0 Å². The molecular weight excluding hydrogens is 292 g/mol. The van der Waals surface area contributed by atoms with Crippen molar-refractivity contribution in [2.45, 2.75) is 6.42 Å². The van der Waals surface area contributed by atoms with Gasteiger partial charge in [0.05, 0.1) is 25.5 Å². The monoisotopic (exact) mass is 308 g/mol. The van der Waals surface area contributed by atoms with E-state index in [4.69, 9.17) is 21.4 Å². The molecule has 2 rings (SSSR count). The Balaban J connectivity index is 2.11. The van der Waals surface area contributed by atoms with Gasteiger partial charge in [-0.05, 0) is 18.2 Å². The maximum absolute atomic E-state index is 12.2. The van der Waals surface area contributed by atoms with Crippen LogP contribution in [0.5, 0.6) is 0 Å². The smallest absolute Gasteiger partial charge is 0.322 e. The number of carbonyl (C=O) groups excluding carboxylic acids is 1. The summed E-state index contributed by atoms with van der Waals surface area (Å²) in [7, 11) is 0. The quantitative estimate of drug-likeness (QED) is 0.821. The van der Waals surface area contributed by atoms with Crippen LogP contribution >= 0.6 is 11.6 Å². The molecular formula is C15H17ClN2O3. The summed E-state index contributed by atoms with van der Waals surface area (Å²) in [6.07, 6.45) is 0.378. The number of morpholine rings is 1. The number of urea groups is 1. The van der Waals surface area contributed by atoms with Gasteiger partial charge >= 0.3 is 6.03 Å². The molecule has 6 heteroatoms. The van der Waals surface area contributed by atoms with Crippen LogP contribution < -0.4 is 5.32 Å². The lowest BCUT2D eigenvalue weighted by molar-refractivity contribution is 0.0564. The van der Waals surface area contributed by atoms with E-state index in [9.17, 15) is 4.79 Å². The van der Waals surface area contributed by atoms with Gasteiger partial charge in [-0.1, -0.05) is 23.4 Å². The highest BCUT2D eigenvalue weighted by molar-refractivity contribution is 6.30. The van der Waals surface area contributed by atoms with Crippen molar-refractivity contribution in [1.82, 2.24) is 4.90 Å². The van der Waals surface area contributed by atoms with Gasteiger partial charge in [0.1, 0.15) is 0 Å². The number of ether oxygens (including phenoxy) is 1. The minimum atomic E-state index is -0.175. The molecule has 0 radical (unpaired) electrons. The molecule has 0 aromatic heterocycles. The summed E-state index contributed by atoms with van der Waals surface area (Å²) in [4.78, 5) is 13.9. The number of carbonyl (C=O) groups is 1. The standard InChI is InChI=1S/C15H17ClN2O3/c16-13-4-5-14(12(11-13)3-1-2-8-19)17-15(20)18-6-9-21-10-7-18/h4-5,11,19H,2,6-10H2,(H,17,20). The van der Waals surface area contributed by atoms with Crippen molar-refractivity contribution in [3.05, 3.63) is 28.8 Å². The summed E-state index contributed by atoms with van der Waals surface area (Å²) in [6.45, 7) is 2.26. The van der Waals surface area contributed by atoms with E-state index < -0.39 is 0 Å². The van der Waals surface area contributed by atoms with Crippen molar-refractivity contribution in [3.63, 3.8) is 0 Å². The van der Waals surface area contributed by atoms with Crippen molar-refractivity contribution in [2.24, 2.45) is 0 Å². The maximum atomic E-state index is 12.2. The molecule has 2 amide bonds. The molecule has 0 spiro atoms. The molecule has 1 aliphatic rings. The van der Waals surface area contributed by atoms with Gasteiger partial charge in [0.25, 0.3) is 0 Å². The highest BCUT2D eigenvalue weighted by atomic mass is 35.5. The molecule has 0 aliphatic carbocycles. The predicted molar refractivity (Wildman–Crippen MR) is 81.4 cm³/mol. The molecule has 0 bridgehead atoms. The number of benzene rings is 1. The molecule has 1 saturated heterocycles. The van der Waals surface area contributed by atoms with E-state index in [1.54, 1.807) is 23.1 Å². The van der Waals surface area contributed by atoms with Gasteiger partial charge < -0.3 is 20.1 Å². The molecule has 5 nitrogen and oxygen atoms in total. The average molecular weight is 309 g/mol. The number of hydrogen-bond acceptors (Lipinski definition) is 3. The van der Waals surface area contributed by atoms with E-state index >= 15 is 0 Å². The highest BCUT2D eigenvalue weighted by Gasteiger charge is 2.17. The Hall–Kier alpha value is -1.74. The second-order valence-corrected chi connectivity index (χ2v) is 4.93. The topological polar surface area (TPSA) is 61.8 Å². The first kappa shape index (κ1) is 15.6. The van der Waals surface area contributed by atoms with Gasteiger partial charge in [0, 0.05) is 30.1 Å². The number of nitrogens with zero attached hydrogens (tertiary/aromatic N) is 1. The van der Waals surface area contributed by atoms with E-state index in [1.165, 1.54) is 0 Å². The lowest BCUT2D eigenvalue weighted by Gasteiger charge is -2.27. The molecule has 0 unspecified atom stereocenters. The van der Waals surface area contributed by atoms with Crippen LogP contribution in [0.15, 0.2) is 18.2 Å². The fourth-order valence-corrected chi connectivity index (χ4v) is 2.08. The second-order valence-electron chi connectivity index (χ2n) is 4.49. The number of hydrogen-bond donors (Lipinski definition) is 2. The summed E-state index contributed by atoms with van der Waals surface area (Å²) < 4.78 is 5.22. The Morgan fingerprint density at radius 1 is 1.43 bits per heavy atom. The SMILES string of the molecule is O=C(Nc1ccc(Cl)cc1C#CCCO)N1CCOCC1. The first-order valence-electron chi connectivity index (χ1n) is 6.73. The van der Waals surface area contributed by atoms with Crippen molar-refractivity contribution in [3.8, 4) is 11.8 Å². The normalized spacial score (nSPS) is 14.3. The Kier molecular flexibility index (Phi) is 5.88. The Labute approximate surface area is 128 Å². The van der Waals surface area contributed by atoms with Crippen LogP contribution in [0, 0.1) is 11.8 Å². The number of amides is 2. The molecule has 1 aliphatic heterocycles. The molecule has 2 N–H and O–H groups in total. The zero-order chi connectivity index (χ0) is 15.1. The number of aliphatic hydroxyl groups excluding tert-OH is 1. The molecule has 1 aromatic rings. The van der Waals surface area contributed by atoms with Gasteiger partial charge in [0.15, 0.2) is 0 Å². The summed E-state index contributed by atoms with van der Waals surface area (Å²) in [5, 5.41) is 12.2. The van der Waals surface area contributed by atoms with Gasteiger partial charge in [-0.15, -0.1) is 0 Å². The fraction of sp³-hybridized carbons (Fsp3) is 0.400. The molecule has 21 heavy (non-hydrogen) atoms. The number of anilines is 1. The Morgan fingerprint density at radius 3 is 2.90 bits per heavy atom. The molecule has 112 valence electrons. The molecule has 1 aromatic carbocycles. The highest BCUT2D eigenvalue weighted by Crippen LogP contribution is 2.20. The summed E-state index contributed by atoms with van der Waals surface area (Å²) in [6, 6.07) is 4.95. The molecule has 0 saturated carbocycles. The van der Waals surface area contributed by atoms with Crippen LogP contribution in [0.4, 0.5) is 10.5 Å². The Morgan fingerprint density at radius 2 is 2.19 bits per heavy atom. The average Bonchev–Trinajstić information content (AvgIpc) is 2.51. The third-order valence-corrected chi connectivity index (χ3v) is 3.22.